The number of hydrogen-bond donors (Lipinski definition) is 1. The Morgan fingerprint density at radius 3 is 2.61 bits per heavy atom. The van der Waals surface area contributed by atoms with E-state index in [1.807, 2.05) is 35.9 Å². The quantitative estimate of drug-likeness (QED) is 0.568. The molecule has 0 saturated carbocycles. The van der Waals surface area contributed by atoms with Crippen LogP contribution in [0.5, 0.6) is 0 Å². The molecule has 0 atom stereocenters. The molecule has 0 spiro atoms. The number of amides is 1. The van der Waals surface area contributed by atoms with Crippen molar-refractivity contribution in [2.45, 2.75) is 36.2 Å². The van der Waals surface area contributed by atoms with Crippen LogP contribution in [0.4, 0.5) is 5.69 Å². The minimum absolute atomic E-state index is 0.180. The molecule has 2 aromatic carbocycles. The average molecular weight is 459 g/mol. The van der Waals surface area contributed by atoms with E-state index in [1.54, 1.807) is 29.4 Å². The lowest BCUT2D eigenvalue weighted by Crippen LogP contribution is -2.36. The summed E-state index contributed by atoms with van der Waals surface area (Å²) in [4.78, 5) is 17.4. The van der Waals surface area contributed by atoms with Crippen molar-refractivity contribution < 1.29 is 13.2 Å². The van der Waals surface area contributed by atoms with E-state index in [0.29, 0.717) is 24.3 Å². The van der Waals surface area contributed by atoms with Crippen molar-refractivity contribution in [2.24, 2.45) is 7.05 Å². The van der Waals surface area contributed by atoms with Crippen LogP contribution in [0.1, 0.15) is 24.8 Å². The Balaban J connectivity index is 1.46. The summed E-state index contributed by atoms with van der Waals surface area (Å²) in [6.07, 6.45) is 2.83. The topological polar surface area (TPSA) is 84.3 Å². The Labute approximate surface area is 186 Å². The number of carbonyl (C=O) groups is 1. The molecule has 164 valence electrons. The van der Waals surface area contributed by atoms with Gasteiger partial charge >= 0.3 is 0 Å². The number of rotatable bonds is 6. The number of hydrogen-bond acceptors (Lipinski definition) is 5. The Hall–Kier alpha value is -2.36. The van der Waals surface area contributed by atoms with Gasteiger partial charge in [0.25, 0.3) is 0 Å². The van der Waals surface area contributed by atoms with E-state index in [9.17, 15) is 13.2 Å². The standard InChI is InChI=1S/C22H26N4O3S2/c1-16-10-11-17(14-20(16)31(28,29)26-12-6-3-7-13-26)23-21(27)15-30-22-24-18-8-4-5-9-19(18)25(22)2/h4-5,8-11,14H,3,6-7,12-13,15H2,1-2H3,(H,23,27). The maximum Gasteiger partial charge on any atom is 0.243 e. The first kappa shape index (κ1) is 21.9. The van der Waals surface area contributed by atoms with Crippen LogP contribution in [-0.2, 0) is 21.9 Å². The molecule has 1 aliphatic rings. The number of para-hydroxylation sites is 2. The molecule has 4 rings (SSSR count). The number of aryl methyl sites for hydroxylation is 2. The van der Waals surface area contributed by atoms with Crippen molar-refractivity contribution in [1.82, 2.24) is 13.9 Å². The van der Waals surface area contributed by atoms with Crippen molar-refractivity contribution in [3.8, 4) is 0 Å². The van der Waals surface area contributed by atoms with Gasteiger partial charge in [0.2, 0.25) is 15.9 Å². The van der Waals surface area contributed by atoms with E-state index in [1.165, 1.54) is 11.8 Å². The summed E-state index contributed by atoms with van der Waals surface area (Å²) in [5, 5.41) is 3.59. The predicted molar refractivity (Wildman–Crippen MR) is 124 cm³/mol. The predicted octanol–water partition coefficient (Wildman–Crippen LogP) is 3.79. The smallest absolute Gasteiger partial charge is 0.243 e. The van der Waals surface area contributed by atoms with Gasteiger partial charge < -0.3 is 9.88 Å². The molecule has 9 heteroatoms. The van der Waals surface area contributed by atoms with Crippen LogP contribution in [0.15, 0.2) is 52.5 Å². The number of anilines is 1. The maximum absolute atomic E-state index is 13.1. The number of carbonyl (C=O) groups excluding carboxylic acids is 1. The van der Waals surface area contributed by atoms with Gasteiger partial charge in [-0.15, -0.1) is 0 Å². The lowest BCUT2D eigenvalue weighted by Gasteiger charge is -2.26. The summed E-state index contributed by atoms with van der Waals surface area (Å²) in [5.41, 5.74) is 3.06. The van der Waals surface area contributed by atoms with E-state index in [-0.39, 0.29) is 16.6 Å². The van der Waals surface area contributed by atoms with E-state index in [4.69, 9.17) is 0 Å². The number of benzene rings is 2. The van der Waals surface area contributed by atoms with E-state index >= 15 is 0 Å². The molecule has 1 aliphatic heterocycles. The van der Waals surface area contributed by atoms with Crippen LogP contribution in [-0.4, -0.2) is 47.0 Å². The molecule has 0 aliphatic carbocycles. The molecular formula is C22H26N4O3S2. The fraction of sp³-hybridized carbons (Fsp3) is 0.364. The molecular weight excluding hydrogens is 432 g/mol. The fourth-order valence-electron chi connectivity index (χ4n) is 3.78. The molecule has 2 heterocycles. The van der Waals surface area contributed by atoms with Gasteiger partial charge in [-0.1, -0.05) is 36.4 Å². The summed E-state index contributed by atoms with van der Waals surface area (Å²) < 4.78 is 29.7. The van der Waals surface area contributed by atoms with Crippen molar-refractivity contribution in [2.75, 3.05) is 24.2 Å². The summed E-state index contributed by atoms with van der Waals surface area (Å²) in [7, 11) is -1.64. The van der Waals surface area contributed by atoms with Gasteiger partial charge in [0.05, 0.1) is 21.7 Å². The SMILES string of the molecule is Cc1ccc(NC(=O)CSc2nc3ccccc3n2C)cc1S(=O)(=O)N1CCCCC1. The van der Waals surface area contributed by atoms with Gasteiger partial charge in [-0.25, -0.2) is 13.4 Å². The molecule has 7 nitrogen and oxygen atoms in total. The minimum Gasteiger partial charge on any atom is -0.325 e. The molecule has 1 fully saturated rings. The number of nitrogens with one attached hydrogen (secondary N) is 1. The number of piperidine rings is 1. The fourth-order valence-corrected chi connectivity index (χ4v) is 6.33. The van der Waals surface area contributed by atoms with E-state index in [2.05, 4.69) is 10.3 Å². The molecule has 0 unspecified atom stereocenters. The monoisotopic (exact) mass is 458 g/mol. The second-order valence-corrected chi connectivity index (χ2v) is 10.6. The number of aromatic nitrogens is 2. The molecule has 0 bridgehead atoms. The molecule has 31 heavy (non-hydrogen) atoms. The van der Waals surface area contributed by atoms with E-state index in [0.717, 1.165) is 35.5 Å². The summed E-state index contributed by atoms with van der Waals surface area (Å²) >= 11 is 1.35. The highest BCUT2D eigenvalue weighted by atomic mass is 32.2. The second-order valence-electron chi connectivity index (χ2n) is 7.72. The van der Waals surface area contributed by atoms with Crippen molar-refractivity contribution >= 4 is 44.4 Å². The lowest BCUT2D eigenvalue weighted by atomic mass is 10.2. The molecule has 0 radical (unpaired) electrons. The van der Waals surface area contributed by atoms with Crippen LogP contribution in [0, 0.1) is 6.92 Å². The largest absolute Gasteiger partial charge is 0.325 e. The molecule has 1 saturated heterocycles. The van der Waals surface area contributed by atoms with Gasteiger partial charge in [-0.3, -0.25) is 4.79 Å². The first-order valence-electron chi connectivity index (χ1n) is 10.3. The zero-order valence-corrected chi connectivity index (χ0v) is 19.3. The van der Waals surface area contributed by atoms with Crippen LogP contribution >= 0.6 is 11.8 Å². The van der Waals surface area contributed by atoms with Gasteiger partial charge in [0.1, 0.15) is 0 Å². The van der Waals surface area contributed by atoms with Crippen LogP contribution in [0.2, 0.25) is 0 Å². The Bertz CT molecular complexity index is 1210. The highest BCUT2D eigenvalue weighted by Gasteiger charge is 2.27. The number of fused-ring (bicyclic) bond motifs is 1. The maximum atomic E-state index is 13.1. The zero-order chi connectivity index (χ0) is 22.0. The lowest BCUT2D eigenvalue weighted by molar-refractivity contribution is -0.113. The summed E-state index contributed by atoms with van der Waals surface area (Å²) in [6.45, 7) is 2.88. The van der Waals surface area contributed by atoms with E-state index < -0.39 is 10.0 Å². The second kappa shape index (κ2) is 9.02. The van der Waals surface area contributed by atoms with Crippen LogP contribution in [0.25, 0.3) is 11.0 Å². The Morgan fingerprint density at radius 2 is 1.87 bits per heavy atom. The van der Waals surface area contributed by atoms with Gasteiger partial charge in [-0.05, 0) is 49.6 Å². The molecule has 1 N–H and O–H groups in total. The zero-order valence-electron chi connectivity index (χ0n) is 17.7. The third kappa shape index (κ3) is 4.63. The number of nitrogens with zero attached hydrogens (tertiary/aromatic N) is 3. The third-order valence-corrected chi connectivity index (χ3v) is 8.55. The Kier molecular flexibility index (Phi) is 6.36. The number of imidazole rings is 1. The first-order chi connectivity index (χ1) is 14.9. The average Bonchev–Trinajstić information content (AvgIpc) is 3.10. The van der Waals surface area contributed by atoms with Crippen molar-refractivity contribution in [1.29, 1.82) is 0 Å². The molecule has 1 aromatic heterocycles. The molecule has 3 aromatic rings. The van der Waals surface area contributed by atoms with Crippen LogP contribution in [0.3, 0.4) is 0 Å². The number of sulfonamides is 1. The Morgan fingerprint density at radius 1 is 1.13 bits per heavy atom. The van der Waals surface area contributed by atoms with Gasteiger partial charge in [0.15, 0.2) is 5.16 Å². The normalized spacial score (nSPS) is 15.3. The first-order valence-corrected chi connectivity index (χ1v) is 12.7. The molecule has 1 amide bonds. The van der Waals surface area contributed by atoms with Crippen molar-refractivity contribution in [3.05, 3.63) is 48.0 Å². The highest BCUT2D eigenvalue weighted by Crippen LogP contribution is 2.27. The number of thioether (sulfide) groups is 1. The third-order valence-electron chi connectivity index (χ3n) is 5.48. The summed E-state index contributed by atoms with van der Waals surface area (Å²) in [6, 6.07) is 12.9. The van der Waals surface area contributed by atoms with Crippen molar-refractivity contribution in [3.63, 3.8) is 0 Å². The highest BCUT2D eigenvalue weighted by molar-refractivity contribution is 7.99. The summed E-state index contributed by atoms with van der Waals surface area (Å²) in [5.74, 6) is -0.0265. The van der Waals surface area contributed by atoms with Crippen LogP contribution < -0.4 is 5.32 Å². The minimum atomic E-state index is -3.56. The van der Waals surface area contributed by atoms with Gasteiger partial charge in [-0.2, -0.15) is 4.31 Å². The van der Waals surface area contributed by atoms with Gasteiger partial charge in [0, 0.05) is 25.8 Å².